The van der Waals surface area contributed by atoms with Gasteiger partial charge in [0.25, 0.3) is 0 Å². The topological polar surface area (TPSA) is 166 Å². The standard InChI is InChI=1S/C23H22N6O.C14H10ClN3.C9H13N3O/c1-16-21(27-17-13-18(15-24-14-17)29-9-11-30-12-10-29)19-5-4-8-26-23(19)28-22(16)20-6-2-3-7-25-20;1-9-12(15)10-5-4-8-17-14(10)18-13(9)11-6-2-3-7-16-11;10-8-5-9(7-11-6-8)12-1-3-13-4-2-12/h2-8,13-15H,9-12H2,1H3,(H,26,27,28);2-8H,1H3;5-7H,1-4,10H2. The summed E-state index contributed by atoms with van der Waals surface area (Å²) in [6.45, 7) is 10.7. The highest BCUT2D eigenvalue weighted by atomic mass is 35.5. The van der Waals surface area contributed by atoms with Gasteiger partial charge in [0.2, 0.25) is 0 Å². The normalized spacial score (nSPS) is 13.8. The number of morpholine rings is 2. The molecule has 0 saturated carbocycles. The summed E-state index contributed by atoms with van der Waals surface area (Å²) in [6.07, 6.45) is 14.2. The van der Waals surface area contributed by atoms with E-state index in [-0.39, 0.29) is 0 Å². The first-order chi connectivity index (χ1) is 29.9. The van der Waals surface area contributed by atoms with E-state index in [1.165, 1.54) is 0 Å². The fourth-order valence-electron chi connectivity index (χ4n) is 7.08. The summed E-state index contributed by atoms with van der Waals surface area (Å²) < 4.78 is 10.7. The van der Waals surface area contributed by atoms with Gasteiger partial charge in [0.15, 0.2) is 11.3 Å². The number of anilines is 5. The lowest BCUT2D eigenvalue weighted by molar-refractivity contribution is 0.122. The Morgan fingerprint density at radius 3 is 1.69 bits per heavy atom. The van der Waals surface area contributed by atoms with Crippen LogP contribution in [0.4, 0.5) is 28.4 Å². The Morgan fingerprint density at radius 1 is 0.590 bits per heavy atom. The summed E-state index contributed by atoms with van der Waals surface area (Å²) >= 11 is 6.37. The van der Waals surface area contributed by atoms with Crippen molar-refractivity contribution in [3.8, 4) is 22.8 Å². The quantitative estimate of drug-likeness (QED) is 0.165. The molecule has 0 amide bonds. The number of nitrogens with one attached hydrogen (secondary N) is 1. The minimum atomic E-state index is 0.647. The molecule has 2 aliphatic heterocycles. The first-order valence-electron chi connectivity index (χ1n) is 20.0. The number of ether oxygens (including phenoxy) is 2. The van der Waals surface area contributed by atoms with E-state index in [1.54, 1.807) is 31.0 Å². The van der Waals surface area contributed by atoms with Crippen LogP contribution in [-0.4, -0.2) is 92.5 Å². The molecule has 10 rings (SSSR count). The van der Waals surface area contributed by atoms with Crippen molar-refractivity contribution in [3.05, 3.63) is 139 Å². The zero-order chi connectivity index (χ0) is 42.0. The molecule has 0 aromatic carbocycles. The van der Waals surface area contributed by atoms with Gasteiger partial charge in [-0.3, -0.25) is 19.9 Å². The van der Waals surface area contributed by atoms with E-state index in [9.17, 15) is 0 Å². The summed E-state index contributed by atoms with van der Waals surface area (Å²) in [5.74, 6) is 0. The molecular formula is C46H45ClN12O2. The Hall–Kier alpha value is -6.87. The molecule has 61 heavy (non-hydrogen) atoms. The smallest absolute Gasteiger partial charge is 0.161 e. The largest absolute Gasteiger partial charge is 0.397 e. The third-order valence-corrected chi connectivity index (χ3v) is 10.7. The highest BCUT2D eigenvalue weighted by Gasteiger charge is 2.17. The van der Waals surface area contributed by atoms with Crippen LogP contribution in [0.3, 0.4) is 0 Å². The lowest BCUT2D eigenvalue weighted by Gasteiger charge is -2.28. The number of hydrogen-bond acceptors (Lipinski definition) is 14. The van der Waals surface area contributed by atoms with Crippen LogP contribution in [0.1, 0.15) is 11.1 Å². The predicted octanol–water partition coefficient (Wildman–Crippen LogP) is 8.13. The van der Waals surface area contributed by atoms with Gasteiger partial charge in [-0.2, -0.15) is 0 Å². The number of pyridine rings is 8. The van der Waals surface area contributed by atoms with Crippen molar-refractivity contribution in [2.24, 2.45) is 0 Å². The van der Waals surface area contributed by atoms with Crippen LogP contribution >= 0.6 is 11.6 Å². The molecule has 308 valence electrons. The molecule has 3 N–H and O–H groups in total. The lowest BCUT2D eigenvalue weighted by atomic mass is 10.1. The van der Waals surface area contributed by atoms with Gasteiger partial charge in [0.1, 0.15) is 0 Å². The molecule has 10 heterocycles. The van der Waals surface area contributed by atoms with Crippen LogP contribution in [0.2, 0.25) is 5.02 Å². The van der Waals surface area contributed by atoms with Crippen LogP contribution in [0.25, 0.3) is 44.8 Å². The van der Waals surface area contributed by atoms with Crippen LogP contribution in [0, 0.1) is 13.8 Å². The van der Waals surface area contributed by atoms with Crippen molar-refractivity contribution in [1.29, 1.82) is 0 Å². The van der Waals surface area contributed by atoms with Gasteiger partial charge in [-0.1, -0.05) is 23.7 Å². The molecule has 0 spiro atoms. The molecule has 14 nitrogen and oxygen atoms in total. The second-order valence-electron chi connectivity index (χ2n) is 14.3. The van der Waals surface area contributed by atoms with Crippen molar-refractivity contribution in [3.63, 3.8) is 0 Å². The minimum Gasteiger partial charge on any atom is -0.397 e. The van der Waals surface area contributed by atoms with Gasteiger partial charge in [-0.15, -0.1) is 0 Å². The fraction of sp³-hybridized carbons (Fsp3) is 0.217. The number of rotatable bonds is 6. The van der Waals surface area contributed by atoms with Crippen molar-refractivity contribution >= 4 is 62.1 Å². The van der Waals surface area contributed by atoms with Gasteiger partial charge >= 0.3 is 0 Å². The molecule has 8 aromatic rings. The van der Waals surface area contributed by atoms with E-state index in [2.05, 4.69) is 63.0 Å². The van der Waals surface area contributed by atoms with Crippen molar-refractivity contribution in [1.82, 2.24) is 39.9 Å². The third kappa shape index (κ3) is 9.79. The van der Waals surface area contributed by atoms with Crippen molar-refractivity contribution in [2.45, 2.75) is 13.8 Å². The number of hydrogen-bond donors (Lipinski definition) is 2. The molecule has 0 bridgehead atoms. The van der Waals surface area contributed by atoms with Crippen LogP contribution < -0.4 is 20.9 Å². The van der Waals surface area contributed by atoms with Gasteiger partial charge in [0, 0.05) is 73.5 Å². The molecule has 15 heteroatoms. The Kier molecular flexibility index (Phi) is 13.0. The van der Waals surface area contributed by atoms with Crippen LogP contribution in [-0.2, 0) is 9.47 Å². The number of nitrogens with zero attached hydrogens (tertiary/aromatic N) is 10. The van der Waals surface area contributed by atoms with Gasteiger partial charge in [0.05, 0.1) is 101 Å². The molecule has 0 atom stereocenters. The first kappa shape index (κ1) is 40.9. The Bertz CT molecular complexity index is 2720. The zero-order valence-corrected chi connectivity index (χ0v) is 34.7. The second-order valence-corrected chi connectivity index (χ2v) is 14.6. The molecule has 0 aliphatic carbocycles. The average molecular weight is 833 g/mol. The number of aromatic nitrogens is 8. The summed E-state index contributed by atoms with van der Waals surface area (Å²) in [5, 5.41) is 6.10. The SMILES string of the molecule is Cc1c(-c2ccccn2)nc2ncccc2c1Cl.Cc1c(-c2ccccn2)nc2ncccc2c1Nc1cncc(N2CCOCC2)c1.Nc1cncc(N2CCOCC2)c1. The average Bonchev–Trinajstić information content (AvgIpc) is 3.32. The Labute approximate surface area is 358 Å². The van der Waals surface area contributed by atoms with Gasteiger partial charge < -0.3 is 30.3 Å². The van der Waals surface area contributed by atoms with Gasteiger partial charge in [-0.05, 0) is 80.1 Å². The summed E-state index contributed by atoms with van der Waals surface area (Å²) in [6, 6.07) is 23.4. The lowest BCUT2D eigenvalue weighted by Crippen LogP contribution is -2.36. The van der Waals surface area contributed by atoms with E-state index < -0.39 is 0 Å². The van der Waals surface area contributed by atoms with E-state index >= 15 is 0 Å². The zero-order valence-electron chi connectivity index (χ0n) is 33.9. The Balaban J connectivity index is 0.000000140. The highest BCUT2D eigenvalue weighted by Crippen LogP contribution is 2.35. The number of nitrogen functional groups attached to an aromatic ring is 1. The maximum atomic E-state index is 6.37. The number of nitrogens with two attached hydrogens (primary N) is 1. The maximum Gasteiger partial charge on any atom is 0.161 e. The molecule has 2 aliphatic rings. The summed E-state index contributed by atoms with van der Waals surface area (Å²) in [4.78, 5) is 39.9. The van der Waals surface area contributed by atoms with E-state index in [1.807, 2.05) is 92.2 Å². The molecule has 2 saturated heterocycles. The molecular weight excluding hydrogens is 788 g/mol. The number of halogens is 1. The van der Waals surface area contributed by atoms with E-state index in [4.69, 9.17) is 31.8 Å². The minimum absolute atomic E-state index is 0.647. The van der Waals surface area contributed by atoms with E-state index in [0.717, 1.165) is 120 Å². The Morgan fingerprint density at radius 2 is 1.11 bits per heavy atom. The second kappa shape index (κ2) is 19.5. The maximum absolute atomic E-state index is 6.37. The molecule has 0 radical (unpaired) electrons. The summed E-state index contributed by atoms with van der Waals surface area (Å²) in [7, 11) is 0. The first-order valence-corrected chi connectivity index (χ1v) is 20.4. The van der Waals surface area contributed by atoms with Gasteiger partial charge in [-0.25, -0.2) is 19.9 Å². The monoisotopic (exact) mass is 832 g/mol. The number of fused-ring (bicyclic) bond motifs is 2. The van der Waals surface area contributed by atoms with Crippen LogP contribution in [0.15, 0.2) is 122 Å². The fourth-order valence-corrected chi connectivity index (χ4v) is 7.32. The highest BCUT2D eigenvalue weighted by molar-refractivity contribution is 6.36. The van der Waals surface area contributed by atoms with Crippen molar-refractivity contribution in [2.75, 3.05) is 73.5 Å². The predicted molar refractivity (Wildman–Crippen MR) is 242 cm³/mol. The molecule has 2 fully saturated rings. The van der Waals surface area contributed by atoms with Crippen LogP contribution in [0.5, 0.6) is 0 Å². The molecule has 8 aromatic heterocycles. The molecule has 0 unspecified atom stereocenters. The van der Waals surface area contributed by atoms with E-state index in [0.29, 0.717) is 22.0 Å². The van der Waals surface area contributed by atoms with Crippen molar-refractivity contribution < 1.29 is 9.47 Å². The summed E-state index contributed by atoms with van der Waals surface area (Å²) in [5.41, 5.74) is 16.9. The third-order valence-electron chi connectivity index (χ3n) is 10.2.